The van der Waals surface area contributed by atoms with Crippen LogP contribution in [0.1, 0.15) is 5.56 Å². The monoisotopic (exact) mass is 367 g/mol. The van der Waals surface area contributed by atoms with Gasteiger partial charge in [0, 0.05) is 11.8 Å². The number of hydrogen-bond donors (Lipinski definition) is 2. The second-order valence-corrected chi connectivity index (χ2v) is 5.17. The van der Waals surface area contributed by atoms with E-state index in [1.807, 2.05) is 46.9 Å². The first-order valence-corrected chi connectivity index (χ1v) is 6.65. The van der Waals surface area contributed by atoms with Crippen LogP contribution in [0, 0.1) is 20.7 Å². The number of nitrogens with two attached hydrogens (primary N) is 1. The number of nitrogens with zero attached hydrogens (tertiary/aromatic N) is 1. The highest BCUT2D eigenvalue weighted by Crippen LogP contribution is 2.27. The largest absolute Gasteiger partial charge is 0.397 e. The molecule has 5 heteroatoms. The molecule has 0 saturated carbocycles. The summed E-state index contributed by atoms with van der Waals surface area (Å²) in [7, 11) is 0. The lowest BCUT2D eigenvalue weighted by Crippen LogP contribution is -1.98. The van der Waals surface area contributed by atoms with Crippen LogP contribution in [0.4, 0.5) is 21.5 Å². The Morgan fingerprint density at radius 3 is 2.58 bits per heavy atom. The minimum Gasteiger partial charge on any atom is -0.397 e. The molecular weight excluding hydrogens is 356 g/mol. The second kappa shape index (κ2) is 5.89. The molecule has 0 atom stereocenters. The molecule has 0 fully saturated rings. The van der Waals surface area contributed by atoms with Gasteiger partial charge < -0.3 is 11.1 Å². The molecule has 0 radical (unpaired) electrons. The predicted molar refractivity (Wildman–Crippen MR) is 82.6 cm³/mol. The number of hydrogen-bond acceptors (Lipinski definition) is 3. The van der Waals surface area contributed by atoms with Gasteiger partial charge >= 0.3 is 0 Å². The van der Waals surface area contributed by atoms with Crippen LogP contribution in [0.3, 0.4) is 0 Å². The van der Waals surface area contributed by atoms with Crippen LogP contribution in [0.15, 0.2) is 36.4 Å². The number of nitriles is 1. The molecule has 0 aromatic heterocycles. The van der Waals surface area contributed by atoms with Crippen molar-refractivity contribution in [3.8, 4) is 6.07 Å². The third-order valence-corrected chi connectivity index (χ3v) is 3.44. The van der Waals surface area contributed by atoms with E-state index in [1.165, 1.54) is 6.07 Å². The minimum atomic E-state index is -0.307. The van der Waals surface area contributed by atoms with Crippen molar-refractivity contribution in [1.82, 2.24) is 0 Å². The van der Waals surface area contributed by atoms with Crippen molar-refractivity contribution in [3.05, 3.63) is 51.3 Å². The van der Waals surface area contributed by atoms with Gasteiger partial charge in [-0.25, -0.2) is 4.39 Å². The van der Waals surface area contributed by atoms with E-state index in [0.717, 1.165) is 11.3 Å². The van der Waals surface area contributed by atoms with Crippen molar-refractivity contribution < 1.29 is 4.39 Å². The Bertz CT molecular complexity index is 632. The molecule has 0 heterocycles. The molecular formula is C14H11FIN3. The van der Waals surface area contributed by atoms with E-state index < -0.39 is 0 Å². The van der Waals surface area contributed by atoms with Gasteiger partial charge in [-0.3, -0.25) is 0 Å². The molecule has 0 aliphatic heterocycles. The van der Waals surface area contributed by atoms with Crippen molar-refractivity contribution in [3.63, 3.8) is 0 Å². The maximum Gasteiger partial charge on any atom is 0.138 e. The summed E-state index contributed by atoms with van der Waals surface area (Å²) in [4.78, 5) is 0. The Labute approximate surface area is 124 Å². The van der Waals surface area contributed by atoms with E-state index >= 15 is 0 Å². The van der Waals surface area contributed by atoms with Crippen LogP contribution in [-0.4, -0.2) is 0 Å². The van der Waals surface area contributed by atoms with Crippen molar-refractivity contribution >= 4 is 39.7 Å². The number of anilines is 3. The summed E-state index contributed by atoms with van der Waals surface area (Å²) in [6.45, 7) is 0. The standard InChI is InChI=1S/C14H11FIN3/c15-11-7-14(13(18)8-12(11)16)19-10-3-1-9(2-4-10)5-6-17/h1-4,7-8,19H,5,18H2. The van der Waals surface area contributed by atoms with E-state index in [2.05, 4.69) is 11.4 Å². The Kier molecular flexibility index (Phi) is 4.22. The maximum absolute atomic E-state index is 13.5. The zero-order valence-corrected chi connectivity index (χ0v) is 12.1. The fourth-order valence-electron chi connectivity index (χ4n) is 1.62. The van der Waals surface area contributed by atoms with Crippen LogP contribution >= 0.6 is 22.6 Å². The lowest BCUT2D eigenvalue weighted by molar-refractivity contribution is 0.621. The van der Waals surface area contributed by atoms with Crippen LogP contribution in [0.2, 0.25) is 0 Å². The molecule has 0 unspecified atom stereocenters. The lowest BCUT2D eigenvalue weighted by Gasteiger charge is -2.10. The van der Waals surface area contributed by atoms with E-state index in [1.54, 1.807) is 6.07 Å². The van der Waals surface area contributed by atoms with Crippen LogP contribution in [-0.2, 0) is 6.42 Å². The summed E-state index contributed by atoms with van der Waals surface area (Å²) in [6.07, 6.45) is 0.376. The van der Waals surface area contributed by atoms with Crippen molar-refractivity contribution in [2.75, 3.05) is 11.1 Å². The summed E-state index contributed by atoms with van der Waals surface area (Å²) >= 11 is 1.90. The lowest BCUT2D eigenvalue weighted by atomic mass is 10.1. The van der Waals surface area contributed by atoms with Gasteiger partial charge in [-0.1, -0.05) is 12.1 Å². The molecule has 96 valence electrons. The first kappa shape index (κ1) is 13.6. The Balaban J connectivity index is 2.22. The summed E-state index contributed by atoms with van der Waals surface area (Å²) in [5.74, 6) is -0.307. The summed E-state index contributed by atoms with van der Waals surface area (Å²) in [5, 5.41) is 11.7. The molecule has 3 N–H and O–H groups in total. The van der Waals surface area contributed by atoms with Crippen molar-refractivity contribution in [1.29, 1.82) is 5.26 Å². The third-order valence-electron chi connectivity index (χ3n) is 2.61. The third kappa shape index (κ3) is 3.35. The molecule has 0 saturated heterocycles. The second-order valence-electron chi connectivity index (χ2n) is 4.01. The fraction of sp³-hybridized carbons (Fsp3) is 0.0714. The predicted octanol–water partition coefficient (Wildman–Crippen LogP) is 3.82. The van der Waals surface area contributed by atoms with Gasteiger partial charge in [0.25, 0.3) is 0 Å². The van der Waals surface area contributed by atoms with E-state index in [4.69, 9.17) is 11.0 Å². The normalized spacial score (nSPS) is 9.95. The Morgan fingerprint density at radius 1 is 1.26 bits per heavy atom. The van der Waals surface area contributed by atoms with Crippen LogP contribution in [0.5, 0.6) is 0 Å². The highest BCUT2D eigenvalue weighted by atomic mass is 127. The number of rotatable bonds is 3. The molecule has 2 aromatic carbocycles. The topological polar surface area (TPSA) is 61.8 Å². The number of halogens is 2. The van der Waals surface area contributed by atoms with E-state index in [-0.39, 0.29) is 5.82 Å². The Morgan fingerprint density at radius 2 is 1.95 bits per heavy atom. The maximum atomic E-state index is 13.5. The average molecular weight is 367 g/mol. The van der Waals surface area contributed by atoms with Gasteiger partial charge in [0.15, 0.2) is 0 Å². The number of nitrogens with one attached hydrogen (secondary N) is 1. The average Bonchev–Trinajstić information content (AvgIpc) is 2.38. The molecule has 0 aliphatic rings. The zero-order valence-electron chi connectivity index (χ0n) is 9.95. The highest BCUT2D eigenvalue weighted by Gasteiger charge is 2.06. The Hall–Kier alpha value is -1.81. The molecule has 2 rings (SSSR count). The fourth-order valence-corrected chi connectivity index (χ4v) is 2.11. The van der Waals surface area contributed by atoms with E-state index in [0.29, 0.717) is 21.4 Å². The van der Waals surface area contributed by atoms with Gasteiger partial charge in [-0.05, 0) is 46.4 Å². The molecule has 0 aliphatic carbocycles. The summed E-state index contributed by atoms with van der Waals surface area (Å²) in [5.41, 5.74) is 8.60. The van der Waals surface area contributed by atoms with Crippen molar-refractivity contribution in [2.24, 2.45) is 0 Å². The summed E-state index contributed by atoms with van der Waals surface area (Å²) in [6, 6.07) is 12.4. The van der Waals surface area contributed by atoms with Gasteiger partial charge in [0.1, 0.15) is 5.82 Å². The molecule has 2 aromatic rings. The van der Waals surface area contributed by atoms with Crippen LogP contribution in [0.25, 0.3) is 0 Å². The number of benzene rings is 2. The van der Waals surface area contributed by atoms with Crippen molar-refractivity contribution in [2.45, 2.75) is 6.42 Å². The number of nitrogen functional groups attached to an aromatic ring is 1. The zero-order chi connectivity index (χ0) is 13.8. The molecule has 0 bridgehead atoms. The first-order chi connectivity index (χ1) is 9.10. The highest BCUT2D eigenvalue weighted by molar-refractivity contribution is 14.1. The molecule has 0 amide bonds. The summed E-state index contributed by atoms with van der Waals surface area (Å²) < 4.78 is 14.0. The van der Waals surface area contributed by atoms with E-state index in [9.17, 15) is 4.39 Å². The van der Waals surface area contributed by atoms with Gasteiger partial charge in [-0.2, -0.15) is 5.26 Å². The minimum absolute atomic E-state index is 0.307. The first-order valence-electron chi connectivity index (χ1n) is 5.57. The smallest absolute Gasteiger partial charge is 0.138 e. The molecule has 0 spiro atoms. The van der Waals surface area contributed by atoms with Crippen LogP contribution < -0.4 is 11.1 Å². The SMILES string of the molecule is N#CCc1ccc(Nc2cc(F)c(I)cc2N)cc1. The van der Waals surface area contributed by atoms with Gasteiger partial charge in [0.2, 0.25) is 0 Å². The quantitative estimate of drug-likeness (QED) is 0.641. The molecule has 3 nitrogen and oxygen atoms in total. The molecule has 19 heavy (non-hydrogen) atoms. The van der Waals surface area contributed by atoms with Gasteiger partial charge in [-0.15, -0.1) is 0 Å². The van der Waals surface area contributed by atoms with Gasteiger partial charge in [0.05, 0.1) is 27.4 Å².